The van der Waals surface area contributed by atoms with Crippen molar-refractivity contribution in [2.24, 2.45) is 5.73 Å². The molecule has 7 nitrogen and oxygen atoms in total. The van der Waals surface area contributed by atoms with Crippen LogP contribution in [0.15, 0.2) is 18.2 Å². The third-order valence-electron chi connectivity index (χ3n) is 4.99. The summed E-state index contributed by atoms with van der Waals surface area (Å²) in [4.78, 5) is 23.9. The number of hydrogen-bond acceptors (Lipinski definition) is 5. The Morgan fingerprint density at radius 3 is 2.62 bits per heavy atom. The number of H-pyrrole nitrogens is 1. The summed E-state index contributed by atoms with van der Waals surface area (Å²) >= 11 is 0. The summed E-state index contributed by atoms with van der Waals surface area (Å²) in [6.07, 6.45) is 1.37. The number of nitrogens with two attached hydrogens (primary N) is 1. The average molecular weight is 420 g/mol. The maximum atomic E-state index is 14.9. The molecule has 1 aliphatic rings. The Labute approximate surface area is 173 Å². The molecular weight excluding hydrogens is 397 g/mol. The monoisotopic (exact) mass is 419 g/mol. The van der Waals surface area contributed by atoms with Gasteiger partial charge in [0.05, 0.1) is 39.3 Å². The van der Waals surface area contributed by atoms with Gasteiger partial charge < -0.3 is 21.1 Å². The van der Waals surface area contributed by atoms with Crippen LogP contribution >= 0.6 is 12.4 Å². The molecule has 3 aromatic rings. The number of carbonyl (C=O) groups is 1. The summed E-state index contributed by atoms with van der Waals surface area (Å²) in [6.45, 7) is 5.79. The number of carboxylic acids is 1. The molecule has 1 saturated carbocycles. The highest BCUT2D eigenvalue weighted by Gasteiger charge is 2.44. The van der Waals surface area contributed by atoms with Gasteiger partial charge in [0.25, 0.3) is 0 Å². The normalized spacial score (nSPS) is 14.7. The van der Waals surface area contributed by atoms with Crippen LogP contribution in [0.25, 0.3) is 22.3 Å². The van der Waals surface area contributed by atoms with Gasteiger partial charge in [-0.3, -0.25) is 0 Å². The molecule has 0 atom stereocenters. The molecule has 2 heterocycles. The molecule has 0 bridgehead atoms. The topological polar surface area (TPSA) is 117 Å². The second-order valence-corrected chi connectivity index (χ2v) is 7.68. The number of aromatic nitrogens is 3. The SMILES string of the molecule is Cc1nc2ccc(F)c(-c3cc(C(=O)O)c(C4(N)CC4)[nH]3)c2nc1NC(C)C.Cl. The minimum atomic E-state index is -1.10. The summed E-state index contributed by atoms with van der Waals surface area (Å²) < 4.78 is 14.9. The summed E-state index contributed by atoms with van der Waals surface area (Å²) in [6, 6.07) is 4.45. The van der Waals surface area contributed by atoms with E-state index in [9.17, 15) is 14.3 Å². The lowest BCUT2D eigenvalue weighted by Gasteiger charge is -2.14. The van der Waals surface area contributed by atoms with Crippen LogP contribution in [0.2, 0.25) is 0 Å². The predicted molar refractivity (Wildman–Crippen MR) is 112 cm³/mol. The number of aryl methyl sites for hydroxylation is 1. The number of anilines is 1. The van der Waals surface area contributed by atoms with E-state index in [0.717, 1.165) is 0 Å². The molecule has 0 amide bonds. The lowest BCUT2D eigenvalue weighted by molar-refractivity contribution is 0.0695. The van der Waals surface area contributed by atoms with Gasteiger partial charge in [-0.25, -0.2) is 19.2 Å². The van der Waals surface area contributed by atoms with Crippen molar-refractivity contribution in [2.45, 2.75) is 45.2 Å². The van der Waals surface area contributed by atoms with Crippen molar-refractivity contribution in [3.8, 4) is 11.3 Å². The van der Waals surface area contributed by atoms with Gasteiger partial charge >= 0.3 is 5.97 Å². The van der Waals surface area contributed by atoms with Crippen molar-refractivity contribution >= 4 is 35.2 Å². The molecule has 2 aromatic heterocycles. The van der Waals surface area contributed by atoms with Gasteiger partial charge in [0.1, 0.15) is 17.2 Å². The molecule has 4 rings (SSSR count). The first kappa shape index (κ1) is 21.0. The van der Waals surface area contributed by atoms with Gasteiger partial charge in [0, 0.05) is 6.04 Å². The Balaban J connectivity index is 0.00000240. The first-order valence-electron chi connectivity index (χ1n) is 9.19. The fraction of sp³-hybridized carbons (Fsp3) is 0.350. The lowest BCUT2D eigenvalue weighted by atomic mass is 10.1. The molecule has 9 heteroatoms. The fourth-order valence-corrected chi connectivity index (χ4v) is 3.39. The van der Waals surface area contributed by atoms with E-state index in [1.165, 1.54) is 12.1 Å². The van der Waals surface area contributed by atoms with Crippen molar-refractivity contribution in [2.75, 3.05) is 5.32 Å². The van der Waals surface area contributed by atoms with Crippen LogP contribution in [0.1, 0.15) is 48.4 Å². The Kier molecular flexibility index (Phi) is 5.27. The summed E-state index contributed by atoms with van der Waals surface area (Å²) in [7, 11) is 0. The minimum Gasteiger partial charge on any atom is -0.478 e. The third kappa shape index (κ3) is 3.65. The summed E-state index contributed by atoms with van der Waals surface area (Å²) in [5.74, 6) is -1.04. The Hall–Kier alpha value is -2.71. The number of hydrogen-bond donors (Lipinski definition) is 4. The number of halogens is 2. The van der Waals surface area contributed by atoms with Gasteiger partial charge in [-0.1, -0.05) is 0 Å². The fourth-order valence-electron chi connectivity index (χ4n) is 3.39. The molecule has 1 fully saturated rings. The average Bonchev–Trinajstić information content (AvgIpc) is 3.19. The van der Waals surface area contributed by atoms with Gasteiger partial charge in [-0.05, 0) is 51.8 Å². The van der Waals surface area contributed by atoms with Crippen LogP contribution < -0.4 is 11.1 Å². The van der Waals surface area contributed by atoms with Gasteiger partial charge in [-0.2, -0.15) is 0 Å². The highest BCUT2D eigenvalue weighted by Crippen LogP contribution is 2.45. The zero-order chi connectivity index (χ0) is 20.2. The molecule has 0 aliphatic heterocycles. The Morgan fingerprint density at radius 1 is 1.34 bits per heavy atom. The van der Waals surface area contributed by atoms with E-state index >= 15 is 0 Å². The van der Waals surface area contributed by atoms with E-state index < -0.39 is 17.3 Å². The number of nitrogens with one attached hydrogen (secondary N) is 2. The van der Waals surface area contributed by atoms with Crippen LogP contribution in [0.4, 0.5) is 10.2 Å². The Morgan fingerprint density at radius 2 is 2.03 bits per heavy atom. The molecule has 29 heavy (non-hydrogen) atoms. The summed E-state index contributed by atoms with van der Waals surface area (Å²) in [5, 5.41) is 12.8. The number of nitrogens with zero attached hydrogens (tertiary/aromatic N) is 2. The number of rotatable bonds is 5. The van der Waals surface area contributed by atoms with Crippen molar-refractivity contribution in [1.82, 2.24) is 15.0 Å². The molecule has 154 valence electrons. The standard InChI is InChI=1S/C20H22FN5O2.ClH/c1-9(2)23-18-10(3)24-13-5-4-12(21)15(16(13)26-18)14-8-11(19(27)28)17(25-14)20(22)6-7-20;/h4-5,8-9,25H,6-7,22H2,1-3H3,(H,23,26)(H,27,28);1H. The Bertz CT molecular complexity index is 1110. The van der Waals surface area contributed by atoms with Crippen LogP contribution in [-0.4, -0.2) is 32.1 Å². The zero-order valence-corrected chi connectivity index (χ0v) is 17.2. The largest absolute Gasteiger partial charge is 0.478 e. The highest BCUT2D eigenvalue weighted by molar-refractivity contribution is 5.96. The first-order valence-corrected chi connectivity index (χ1v) is 9.19. The summed E-state index contributed by atoms with van der Waals surface area (Å²) in [5.41, 5.74) is 8.13. The smallest absolute Gasteiger partial charge is 0.337 e. The van der Waals surface area contributed by atoms with Crippen LogP contribution in [0.5, 0.6) is 0 Å². The zero-order valence-electron chi connectivity index (χ0n) is 16.3. The van der Waals surface area contributed by atoms with E-state index in [0.29, 0.717) is 46.8 Å². The van der Waals surface area contributed by atoms with E-state index in [2.05, 4.69) is 20.3 Å². The van der Waals surface area contributed by atoms with Crippen LogP contribution in [0, 0.1) is 12.7 Å². The van der Waals surface area contributed by atoms with Gasteiger partial charge in [0.2, 0.25) is 0 Å². The predicted octanol–water partition coefficient (Wildman–Crippen LogP) is 3.96. The second-order valence-electron chi connectivity index (χ2n) is 7.68. The van der Waals surface area contributed by atoms with Gasteiger partial charge in [-0.15, -0.1) is 12.4 Å². The molecule has 0 saturated heterocycles. The molecule has 0 spiro atoms. The van der Waals surface area contributed by atoms with Crippen molar-refractivity contribution in [3.05, 3.63) is 41.0 Å². The molecule has 5 N–H and O–H groups in total. The number of benzene rings is 1. The molecule has 1 aliphatic carbocycles. The maximum Gasteiger partial charge on any atom is 0.337 e. The van der Waals surface area contributed by atoms with Crippen LogP contribution in [0.3, 0.4) is 0 Å². The number of aromatic carboxylic acids is 1. The molecule has 0 unspecified atom stereocenters. The first-order chi connectivity index (χ1) is 13.2. The molecule has 0 radical (unpaired) electrons. The number of carboxylic acid groups (broad SMARTS) is 1. The third-order valence-corrected chi connectivity index (χ3v) is 4.99. The maximum absolute atomic E-state index is 14.9. The van der Waals surface area contributed by atoms with E-state index in [1.54, 1.807) is 6.07 Å². The number of fused-ring (bicyclic) bond motifs is 1. The van der Waals surface area contributed by atoms with E-state index in [4.69, 9.17) is 5.73 Å². The number of aromatic amines is 1. The quantitative estimate of drug-likeness (QED) is 0.497. The van der Waals surface area contributed by atoms with Gasteiger partial charge in [0.15, 0.2) is 0 Å². The van der Waals surface area contributed by atoms with Crippen molar-refractivity contribution in [1.29, 1.82) is 0 Å². The van der Waals surface area contributed by atoms with Crippen molar-refractivity contribution < 1.29 is 14.3 Å². The van der Waals surface area contributed by atoms with E-state index in [1.807, 2.05) is 20.8 Å². The highest BCUT2D eigenvalue weighted by atomic mass is 35.5. The van der Waals surface area contributed by atoms with Crippen LogP contribution in [-0.2, 0) is 5.54 Å². The molecule has 1 aromatic carbocycles. The van der Waals surface area contributed by atoms with E-state index in [-0.39, 0.29) is 29.6 Å². The minimum absolute atomic E-state index is 0. The van der Waals surface area contributed by atoms with Crippen molar-refractivity contribution in [3.63, 3.8) is 0 Å². The lowest BCUT2D eigenvalue weighted by Crippen LogP contribution is -2.22. The second kappa shape index (κ2) is 7.27. The molecular formula is C20H23ClFN5O2.